The lowest BCUT2D eigenvalue weighted by molar-refractivity contribution is 0.113. The van der Waals surface area contributed by atoms with Crippen LogP contribution < -0.4 is 5.32 Å². The summed E-state index contributed by atoms with van der Waals surface area (Å²) in [5.74, 6) is 0. The Bertz CT molecular complexity index is 297. The van der Waals surface area contributed by atoms with Crippen LogP contribution in [0.4, 0.5) is 0 Å². The zero-order chi connectivity index (χ0) is 12.0. The molecule has 0 spiro atoms. The van der Waals surface area contributed by atoms with Gasteiger partial charge in [-0.05, 0) is 19.8 Å². The molecule has 0 aromatic carbocycles. The van der Waals surface area contributed by atoms with E-state index < -0.39 is 0 Å². The Kier molecular flexibility index (Phi) is 4.96. The molecule has 0 saturated carbocycles. The number of aliphatic hydroxyl groups excluding tert-OH is 1. The van der Waals surface area contributed by atoms with Crippen LogP contribution in [0.15, 0.2) is 6.33 Å². The van der Waals surface area contributed by atoms with Crippen LogP contribution in [0, 0.1) is 12.3 Å². The van der Waals surface area contributed by atoms with E-state index in [1.807, 2.05) is 6.92 Å². The first-order valence-electron chi connectivity index (χ1n) is 5.98. The van der Waals surface area contributed by atoms with Crippen molar-refractivity contribution >= 4 is 0 Å². The largest absolute Gasteiger partial charge is 0.396 e. The smallest absolute Gasteiger partial charge is 0.0925 e. The second kappa shape index (κ2) is 6.01. The normalized spacial score (nSPS) is 12.0. The fourth-order valence-corrected chi connectivity index (χ4v) is 1.79. The third-order valence-corrected chi connectivity index (χ3v) is 3.56. The number of aryl methyl sites for hydroxylation is 1. The van der Waals surface area contributed by atoms with Gasteiger partial charge in [-0.3, -0.25) is 0 Å². The van der Waals surface area contributed by atoms with Gasteiger partial charge in [-0.1, -0.05) is 13.8 Å². The second-order valence-electron chi connectivity index (χ2n) is 4.44. The van der Waals surface area contributed by atoms with Gasteiger partial charge in [-0.2, -0.15) is 0 Å². The van der Waals surface area contributed by atoms with Gasteiger partial charge in [0.25, 0.3) is 0 Å². The Hall–Kier alpha value is -0.870. The standard InChI is InChI=1S/C12H23N3O/c1-4-12(5-2,8-16)7-13-6-11-10(3)14-9-15-11/h9,13,16H,4-8H2,1-3H3,(H,14,15). The van der Waals surface area contributed by atoms with Crippen LogP contribution in [-0.4, -0.2) is 28.2 Å². The van der Waals surface area contributed by atoms with Crippen LogP contribution in [0.1, 0.15) is 38.1 Å². The molecule has 16 heavy (non-hydrogen) atoms. The summed E-state index contributed by atoms with van der Waals surface area (Å²) in [5.41, 5.74) is 2.18. The molecule has 1 aromatic rings. The van der Waals surface area contributed by atoms with Crippen molar-refractivity contribution in [1.29, 1.82) is 0 Å². The average molecular weight is 225 g/mol. The van der Waals surface area contributed by atoms with Crippen molar-refractivity contribution in [3.05, 3.63) is 17.7 Å². The number of nitrogens with one attached hydrogen (secondary N) is 2. The molecule has 0 aliphatic rings. The van der Waals surface area contributed by atoms with Gasteiger partial charge in [-0.25, -0.2) is 4.98 Å². The van der Waals surface area contributed by atoms with Gasteiger partial charge >= 0.3 is 0 Å². The molecular weight excluding hydrogens is 202 g/mol. The molecule has 0 amide bonds. The van der Waals surface area contributed by atoms with Gasteiger partial charge in [0.1, 0.15) is 0 Å². The number of rotatable bonds is 7. The molecule has 0 fully saturated rings. The minimum Gasteiger partial charge on any atom is -0.396 e. The summed E-state index contributed by atoms with van der Waals surface area (Å²) in [7, 11) is 0. The Morgan fingerprint density at radius 1 is 1.44 bits per heavy atom. The quantitative estimate of drug-likeness (QED) is 0.660. The first kappa shape index (κ1) is 13.2. The highest BCUT2D eigenvalue weighted by molar-refractivity contribution is 5.08. The molecule has 0 radical (unpaired) electrons. The van der Waals surface area contributed by atoms with Gasteiger partial charge in [0.2, 0.25) is 0 Å². The lowest BCUT2D eigenvalue weighted by Gasteiger charge is -2.29. The van der Waals surface area contributed by atoms with Crippen LogP contribution in [0.25, 0.3) is 0 Å². The summed E-state index contributed by atoms with van der Waals surface area (Å²) in [5, 5.41) is 12.8. The Morgan fingerprint density at radius 2 is 2.12 bits per heavy atom. The third-order valence-electron chi connectivity index (χ3n) is 3.56. The maximum absolute atomic E-state index is 9.43. The molecule has 0 unspecified atom stereocenters. The van der Waals surface area contributed by atoms with E-state index in [2.05, 4.69) is 29.1 Å². The predicted molar refractivity (Wildman–Crippen MR) is 65.1 cm³/mol. The third kappa shape index (κ3) is 3.06. The maximum atomic E-state index is 9.43. The van der Waals surface area contributed by atoms with E-state index in [0.717, 1.165) is 37.3 Å². The first-order chi connectivity index (χ1) is 7.67. The van der Waals surface area contributed by atoms with Crippen molar-refractivity contribution in [3.63, 3.8) is 0 Å². The molecule has 1 rings (SSSR count). The predicted octanol–water partition coefficient (Wildman–Crippen LogP) is 1.61. The molecule has 4 nitrogen and oxygen atoms in total. The Labute approximate surface area is 97.5 Å². The van der Waals surface area contributed by atoms with Crippen molar-refractivity contribution in [3.8, 4) is 0 Å². The van der Waals surface area contributed by atoms with E-state index in [-0.39, 0.29) is 12.0 Å². The molecule has 4 heteroatoms. The van der Waals surface area contributed by atoms with Gasteiger partial charge in [0.05, 0.1) is 12.0 Å². The van der Waals surface area contributed by atoms with Crippen LogP contribution in [0.5, 0.6) is 0 Å². The number of aliphatic hydroxyl groups is 1. The minimum atomic E-state index is 0.0181. The molecular formula is C12H23N3O. The lowest BCUT2D eigenvalue weighted by Crippen LogP contribution is -2.36. The van der Waals surface area contributed by atoms with Gasteiger partial charge in [0, 0.05) is 30.8 Å². The van der Waals surface area contributed by atoms with Crippen molar-refractivity contribution in [2.75, 3.05) is 13.2 Å². The number of H-pyrrole nitrogens is 1. The van der Waals surface area contributed by atoms with Gasteiger partial charge in [-0.15, -0.1) is 0 Å². The first-order valence-corrected chi connectivity index (χ1v) is 5.98. The van der Waals surface area contributed by atoms with E-state index in [1.165, 1.54) is 0 Å². The topological polar surface area (TPSA) is 60.9 Å². The fraction of sp³-hybridized carbons (Fsp3) is 0.750. The number of nitrogens with zero attached hydrogens (tertiary/aromatic N) is 1. The van der Waals surface area contributed by atoms with E-state index in [4.69, 9.17) is 0 Å². The lowest BCUT2D eigenvalue weighted by atomic mass is 9.83. The molecule has 0 aliphatic heterocycles. The SMILES string of the molecule is CCC(CC)(CO)CNCc1nc[nH]c1C. The van der Waals surface area contributed by atoms with Crippen LogP contribution >= 0.6 is 0 Å². The van der Waals surface area contributed by atoms with Gasteiger partial charge < -0.3 is 15.4 Å². The van der Waals surface area contributed by atoms with Gasteiger partial charge in [0.15, 0.2) is 0 Å². The van der Waals surface area contributed by atoms with E-state index in [1.54, 1.807) is 6.33 Å². The number of hydrogen-bond acceptors (Lipinski definition) is 3. The minimum absolute atomic E-state index is 0.0181. The second-order valence-corrected chi connectivity index (χ2v) is 4.44. The summed E-state index contributed by atoms with van der Waals surface area (Å²) < 4.78 is 0. The summed E-state index contributed by atoms with van der Waals surface area (Å²) >= 11 is 0. The summed E-state index contributed by atoms with van der Waals surface area (Å²) in [6.07, 6.45) is 3.70. The average Bonchev–Trinajstić information content (AvgIpc) is 2.71. The highest BCUT2D eigenvalue weighted by Crippen LogP contribution is 2.24. The number of hydrogen-bond donors (Lipinski definition) is 3. The summed E-state index contributed by atoms with van der Waals surface area (Å²) in [6, 6.07) is 0. The van der Waals surface area contributed by atoms with Crippen molar-refractivity contribution in [1.82, 2.24) is 15.3 Å². The molecule has 1 heterocycles. The molecule has 0 atom stereocenters. The van der Waals surface area contributed by atoms with E-state index in [9.17, 15) is 5.11 Å². The Balaban J connectivity index is 2.42. The fourth-order valence-electron chi connectivity index (χ4n) is 1.79. The number of aromatic nitrogens is 2. The molecule has 0 bridgehead atoms. The number of aromatic amines is 1. The highest BCUT2D eigenvalue weighted by Gasteiger charge is 2.24. The molecule has 1 aromatic heterocycles. The zero-order valence-corrected chi connectivity index (χ0v) is 10.5. The molecule has 92 valence electrons. The van der Waals surface area contributed by atoms with Crippen molar-refractivity contribution < 1.29 is 5.11 Å². The number of imidazole rings is 1. The molecule has 0 saturated heterocycles. The molecule has 0 aliphatic carbocycles. The van der Waals surface area contributed by atoms with Crippen LogP contribution in [0.3, 0.4) is 0 Å². The molecule has 3 N–H and O–H groups in total. The van der Waals surface area contributed by atoms with Crippen molar-refractivity contribution in [2.45, 2.75) is 40.2 Å². The van der Waals surface area contributed by atoms with Crippen molar-refractivity contribution in [2.24, 2.45) is 5.41 Å². The van der Waals surface area contributed by atoms with E-state index >= 15 is 0 Å². The zero-order valence-electron chi connectivity index (χ0n) is 10.5. The van der Waals surface area contributed by atoms with E-state index in [0.29, 0.717) is 0 Å². The maximum Gasteiger partial charge on any atom is 0.0925 e. The van der Waals surface area contributed by atoms with Crippen LogP contribution in [-0.2, 0) is 6.54 Å². The monoisotopic (exact) mass is 225 g/mol. The summed E-state index contributed by atoms with van der Waals surface area (Å²) in [4.78, 5) is 7.29. The van der Waals surface area contributed by atoms with Crippen LogP contribution in [0.2, 0.25) is 0 Å². The highest BCUT2D eigenvalue weighted by atomic mass is 16.3. The Morgan fingerprint density at radius 3 is 2.56 bits per heavy atom. The summed E-state index contributed by atoms with van der Waals surface area (Å²) in [6.45, 7) is 8.11.